The molecule has 3 rings (SSSR count). The molecule has 2 aromatic carbocycles. The first-order valence-corrected chi connectivity index (χ1v) is 9.81. The molecule has 1 aliphatic rings. The van der Waals surface area contributed by atoms with E-state index in [4.69, 9.17) is 10.5 Å². The van der Waals surface area contributed by atoms with Gasteiger partial charge < -0.3 is 15.8 Å². The highest BCUT2D eigenvalue weighted by Gasteiger charge is 2.37. The van der Waals surface area contributed by atoms with E-state index in [1.165, 1.54) is 6.42 Å². The summed E-state index contributed by atoms with van der Waals surface area (Å²) in [5, 5.41) is 3.07. The van der Waals surface area contributed by atoms with E-state index < -0.39 is 5.91 Å². The van der Waals surface area contributed by atoms with E-state index in [0.29, 0.717) is 30.9 Å². The second-order valence-corrected chi connectivity index (χ2v) is 7.64. The van der Waals surface area contributed by atoms with E-state index in [1.54, 1.807) is 12.1 Å². The molecule has 0 aromatic heterocycles. The van der Waals surface area contributed by atoms with E-state index in [1.807, 2.05) is 44.2 Å². The summed E-state index contributed by atoms with van der Waals surface area (Å²) in [6, 6.07) is 12.8. The Labute approximate surface area is 166 Å². The van der Waals surface area contributed by atoms with E-state index in [-0.39, 0.29) is 11.3 Å². The largest absolute Gasteiger partial charge is 0.381 e. The Morgan fingerprint density at radius 3 is 2.36 bits per heavy atom. The fraction of sp³-hybridized carbons (Fsp3) is 0.391. The summed E-state index contributed by atoms with van der Waals surface area (Å²) in [6.07, 6.45) is 3.39. The molecule has 148 valence electrons. The highest BCUT2D eigenvalue weighted by molar-refractivity contribution is 5.96. The van der Waals surface area contributed by atoms with Crippen LogP contribution in [0.3, 0.4) is 0 Å². The molecule has 2 aromatic rings. The summed E-state index contributed by atoms with van der Waals surface area (Å²) in [5.41, 5.74) is 9.51. The Hall–Kier alpha value is -2.66. The molecule has 1 fully saturated rings. The fourth-order valence-electron chi connectivity index (χ4n) is 3.62. The van der Waals surface area contributed by atoms with Crippen molar-refractivity contribution in [2.24, 2.45) is 11.1 Å². The molecule has 0 saturated heterocycles. The van der Waals surface area contributed by atoms with Crippen LogP contribution in [0.2, 0.25) is 0 Å². The smallest absolute Gasteiger partial charge is 0.251 e. The molecule has 2 amide bonds. The lowest BCUT2D eigenvalue weighted by Crippen LogP contribution is -2.45. The average Bonchev–Trinajstić information content (AvgIpc) is 2.67. The van der Waals surface area contributed by atoms with Crippen LogP contribution in [0.1, 0.15) is 52.5 Å². The highest BCUT2D eigenvalue weighted by atomic mass is 16.5. The van der Waals surface area contributed by atoms with Gasteiger partial charge in [-0.3, -0.25) is 9.59 Å². The SMILES string of the molecule is CCOCC1(CNC(=O)c2ccc(-c3cc(C(N)=O)ccc3C)cc2)CCC1. The first-order chi connectivity index (χ1) is 13.4. The number of aryl methyl sites for hydroxylation is 1. The van der Waals surface area contributed by atoms with Crippen LogP contribution in [0.15, 0.2) is 42.5 Å². The van der Waals surface area contributed by atoms with Gasteiger partial charge in [-0.05, 0) is 67.6 Å². The Morgan fingerprint density at radius 2 is 1.79 bits per heavy atom. The van der Waals surface area contributed by atoms with Crippen LogP contribution < -0.4 is 11.1 Å². The number of benzene rings is 2. The quantitative estimate of drug-likeness (QED) is 0.733. The molecule has 5 heteroatoms. The van der Waals surface area contributed by atoms with Gasteiger partial charge in [0.25, 0.3) is 5.91 Å². The fourth-order valence-corrected chi connectivity index (χ4v) is 3.62. The van der Waals surface area contributed by atoms with Gasteiger partial charge in [0.15, 0.2) is 0 Å². The van der Waals surface area contributed by atoms with Gasteiger partial charge in [0.05, 0.1) is 6.61 Å². The minimum Gasteiger partial charge on any atom is -0.381 e. The van der Waals surface area contributed by atoms with Gasteiger partial charge in [-0.2, -0.15) is 0 Å². The van der Waals surface area contributed by atoms with Crippen LogP contribution in [0, 0.1) is 12.3 Å². The number of carbonyl (C=O) groups is 2. The molecular formula is C23H28N2O3. The maximum absolute atomic E-state index is 12.6. The van der Waals surface area contributed by atoms with Crippen LogP contribution in [0.4, 0.5) is 0 Å². The summed E-state index contributed by atoms with van der Waals surface area (Å²) in [5.74, 6) is -0.522. The molecule has 0 aliphatic heterocycles. The zero-order chi connectivity index (χ0) is 20.1. The highest BCUT2D eigenvalue weighted by Crippen LogP contribution is 2.40. The zero-order valence-electron chi connectivity index (χ0n) is 16.6. The first-order valence-electron chi connectivity index (χ1n) is 9.81. The van der Waals surface area contributed by atoms with Gasteiger partial charge in [-0.15, -0.1) is 0 Å². The number of amides is 2. The number of hydrogen-bond donors (Lipinski definition) is 2. The Kier molecular flexibility index (Phi) is 6.15. The van der Waals surface area contributed by atoms with Gasteiger partial charge in [0.1, 0.15) is 0 Å². The summed E-state index contributed by atoms with van der Waals surface area (Å²) in [6.45, 7) is 6.03. The first kappa shape index (κ1) is 20.1. The standard InChI is InChI=1S/C23H28N2O3/c1-3-28-15-23(11-4-12-23)14-25-22(27)18-9-7-17(8-10-18)20-13-19(21(24)26)6-5-16(20)2/h5-10,13H,3-4,11-12,14-15H2,1-2H3,(H2,24,26)(H,25,27). The third-order valence-corrected chi connectivity index (χ3v) is 5.63. The molecule has 3 N–H and O–H groups in total. The molecule has 0 atom stereocenters. The average molecular weight is 380 g/mol. The van der Waals surface area contributed by atoms with Crippen LogP contribution in [-0.2, 0) is 4.74 Å². The van der Waals surface area contributed by atoms with Gasteiger partial charge >= 0.3 is 0 Å². The third-order valence-electron chi connectivity index (χ3n) is 5.63. The molecular weight excluding hydrogens is 352 g/mol. The number of carbonyl (C=O) groups excluding carboxylic acids is 2. The second-order valence-electron chi connectivity index (χ2n) is 7.64. The lowest BCUT2D eigenvalue weighted by atomic mass is 9.69. The molecule has 28 heavy (non-hydrogen) atoms. The second kappa shape index (κ2) is 8.57. The lowest BCUT2D eigenvalue weighted by Gasteiger charge is -2.41. The van der Waals surface area contributed by atoms with Crippen molar-refractivity contribution in [3.05, 3.63) is 59.2 Å². The molecule has 0 unspecified atom stereocenters. The van der Waals surface area contributed by atoms with Crippen LogP contribution >= 0.6 is 0 Å². The molecule has 0 radical (unpaired) electrons. The van der Waals surface area contributed by atoms with Crippen molar-refractivity contribution in [3.8, 4) is 11.1 Å². The van der Waals surface area contributed by atoms with Gasteiger partial charge in [-0.25, -0.2) is 0 Å². The van der Waals surface area contributed by atoms with Crippen molar-refractivity contribution in [2.75, 3.05) is 19.8 Å². The normalized spacial score (nSPS) is 14.9. The van der Waals surface area contributed by atoms with E-state index >= 15 is 0 Å². The predicted molar refractivity (Wildman–Crippen MR) is 110 cm³/mol. The zero-order valence-corrected chi connectivity index (χ0v) is 16.6. The molecule has 0 spiro atoms. The number of ether oxygens (including phenoxy) is 1. The van der Waals surface area contributed by atoms with Crippen molar-refractivity contribution in [2.45, 2.75) is 33.1 Å². The molecule has 1 saturated carbocycles. The minimum atomic E-state index is -0.450. The van der Waals surface area contributed by atoms with Crippen LogP contribution in [0.25, 0.3) is 11.1 Å². The number of nitrogens with one attached hydrogen (secondary N) is 1. The Morgan fingerprint density at radius 1 is 1.11 bits per heavy atom. The van der Waals surface area contributed by atoms with Crippen molar-refractivity contribution in [1.29, 1.82) is 0 Å². The van der Waals surface area contributed by atoms with Crippen molar-refractivity contribution < 1.29 is 14.3 Å². The molecule has 1 aliphatic carbocycles. The number of rotatable bonds is 8. The van der Waals surface area contributed by atoms with E-state index in [0.717, 1.165) is 29.5 Å². The summed E-state index contributed by atoms with van der Waals surface area (Å²) >= 11 is 0. The maximum Gasteiger partial charge on any atom is 0.251 e. The van der Waals surface area contributed by atoms with Crippen LogP contribution in [-0.4, -0.2) is 31.6 Å². The third kappa shape index (κ3) is 4.42. The van der Waals surface area contributed by atoms with Crippen molar-refractivity contribution >= 4 is 11.8 Å². The Bertz CT molecular complexity index is 855. The lowest BCUT2D eigenvalue weighted by molar-refractivity contribution is -0.000182. The molecule has 5 nitrogen and oxygen atoms in total. The number of hydrogen-bond acceptors (Lipinski definition) is 3. The molecule has 0 bridgehead atoms. The maximum atomic E-state index is 12.6. The number of primary amides is 1. The molecule has 0 heterocycles. The summed E-state index contributed by atoms with van der Waals surface area (Å²) in [7, 11) is 0. The van der Waals surface area contributed by atoms with Crippen LogP contribution in [0.5, 0.6) is 0 Å². The van der Waals surface area contributed by atoms with Gasteiger partial charge in [0, 0.05) is 29.7 Å². The minimum absolute atomic E-state index is 0.0723. The predicted octanol–water partition coefficient (Wildman–Crippen LogP) is 3.70. The number of nitrogens with two attached hydrogens (primary N) is 1. The van der Waals surface area contributed by atoms with E-state index in [2.05, 4.69) is 5.32 Å². The van der Waals surface area contributed by atoms with Crippen molar-refractivity contribution in [3.63, 3.8) is 0 Å². The summed E-state index contributed by atoms with van der Waals surface area (Å²) in [4.78, 5) is 24.0. The Balaban J connectivity index is 1.68. The topological polar surface area (TPSA) is 81.4 Å². The van der Waals surface area contributed by atoms with Gasteiger partial charge in [0.2, 0.25) is 5.91 Å². The monoisotopic (exact) mass is 380 g/mol. The summed E-state index contributed by atoms with van der Waals surface area (Å²) < 4.78 is 5.60. The van der Waals surface area contributed by atoms with Gasteiger partial charge in [-0.1, -0.05) is 24.6 Å². The van der Waals surface area contributed by atoms with E-state index in [9.17, 15) is 9.59 Å². The van der Waals surface area contributed by atoms with Crippen molar-refractivity contribution in [1.82, 2.24) is 5.32 Å².